The van der Waals surface area contributed by atoms with Gasteiger partial charge in [0.2, 0.25) is 0 Å². The predicted molar refractivity (Wildman–Crippen MR) is 41.1 cm³/mol. The van der Waals surface area contributed by atoms with Crippen molar-refractivity contribution in [2.45, 2.75) is 12.6 Å². The summed E-state index contributed by atoms with van der Waals surface area (Å²) in [6.07, 6.45) is 0.737. The van der Waals surface area contributed by atoms with Gasteiger partial charge in [-0.05, 0) is 0 Å². The first kappa shape index (κ1) is 18.5. The number of halogens is 5. The molecule has 0 amide bonds. The Morgan fingerprint density at radius 1 is 1.25 bits per heavy atom. The number of hydrogen-bond acceptors (Lipinski definition) is 0. The number of hydrogen-bond donors (Lipinski definition) is 0. The van der Waals surface area contributed by atoms with Gasteiger partial charge < -0.3 is 0 Å². The zero-order valence-electron chi connectivity index (χ0n) is 5.81. The van der Waals surface area contributed by atoms with Crippen LogP contribution in [0.1, 0.15) is 6.42 Å². The summed E-state index contributed by atoms with van der Waals surface area (Å²) in [5, 5.41) is 0. The topological polar surface area (TPSA) is 0 Å². The Labute approximate surface area is 100 Å². The van der Waals surface area contributed by atoms with Crippen LogP contribution >= 0.6 is 24.8 Å². The first-order valence-corrected chi connectivity index (χ1v) is 2.45. The van der Waals surface area contributed by atoms with E-state index >= 15 is 0 Å². The van der Waals surface area contributed by atoms with E-state index in [0.29, 0.717) is 0 Å². The minimum atomic E-state index is -4.20. The van der Waals surface area contributed by atoms with Crippen molar-refractivity contribution in [3.63, 3.8) is 0 Å². The van der Waals surface area contributed by atoms with Crippen molar-refractivity contribution in [1.29, 1.82) is 0 Å². The minimum Gasteiger partial charge on any atom is -0.261 e. The molecule has 0 aliphatic heterocycles. The van der Waals surface area contributed by atoms with Crippen molar-refractivity contribution in [1.82, 2.24) is 0 Å². The van der Waals surface area contributed by atoms with Crippen molar-refractivity contribution in [3.8, 4) is 0 Å². The van der Waals surface area contributed by atoms with Crippen LogP contribution in [0, 0.1) is 6.08 Å². The molecule has 0 aromatic carbocycles. The molecule has 0 bridgehead atoms. The third kappa shape index (κ3) is 5.39. The Hall–Kier alpha value is 0.733. The second-order valence-electron chi connectivity index (χ2n) is 1.69. The van der Waals surface area contributed by atoms with E-state index in [1.165, 1.54) is 6.08 Å². The van der Waals surface area contributed by atoms with E-state index in [-0.39, 0.29) is 57.4 Å². The molecule has 0 heterocycles. The summed E-state index contributed by atoms with van der Waals surface area (Å²) in [5.41, 5.74) is -0.650. The zero-order valence-corrected chi connectivity index (χ0v) is 9.90. The second-order valence-corrected chi connectivity index (χ2v) is 1.69. The quantitative estimate of drug-likeness (QED) is 0.603. The van der Waals surface area contributed by atoms with E-state index in [2.05, 4.69) is 6.08 Å². The summed E-state index contributed by atoms with van der Waals surface area (Å²) in [5.74, 6) is 0. The van der Waals surface area contributed by atoms with Crippen LogP contribution in [0.3, 0.4) is 0 Å². The van der Waals surface area contributed by atoms with Crippen LogP contribution in [0.2, 0.25) is 0 Å². The second kappa shape index (κ2) is 7.17. The van der Waals surface area contributed by atoms with Crippen LogP contribution in [0.25, 0.3) is 0 Å². The van der Waals surface area contributed by atoms with Gasteiger partial charge in [-0.1, -0.05) is 0 Å². The van der Waals surface area contributed by atoms with E-state index in [1.807, 2.05) is 0 Å². The molecule has 0 nitrogen and oxygen atoms in total. The molecule has 0 fully saturated rings. The van der Waals surface area contributed by atoms with Crippen LogP contribution in [0.4, 0.5) is 13.2 Å². The van der Waals surface area contributed by atoms with Crippen molar-refractivity contribution in [2.24, 2.45) is 0 Å². The van der Waals surface area contributed by atoms with Gasteiger partial charge in [0, 0.05) is 26.2 Å². The van der Waals surface area contributed by atoms with Crippen LogP contribution in [-0.4, -0.2) is 6.18 Å². The predicted octanol–water partition coefficient (Wildman–Crippen LogP) is 3.08. The van der Waals surface area contributed by atoms with Gasteiger partial charge in [0.25, 0.3) is 0 Å². The molecule has 12 heavy (non-hydrogen) atoms. The molecule has 1 aliphatic rings. The SMILES string of the molecule is Cl.Cl.FC(F)(F)C1=[C-]CC=C1.[Zr]. The fraction of sp³-hybridized carbons (Fsp3) is 0.333. The maximum absolute atomic E-state index is 11.6. The number of alkyl halides is 3. The van der Waals surface area contributed by atoms with Gasteiger partial charge in [0.1, 0.15) is 0 Å². The molecule has 0 saturated carbocycles. The Morgan fingerprint density at radius 3 is 1.92 bits per heavy atom. The van der Waals surface area contributed by atoms with E-state index < -0.39 is 11.7 Å². The maximum Gasteiger partial charge on any atom is 0.384 e. The summed E-state index contributed by atoms with van der Waals surface area (Å²) in [7, 11) is 0. The number of allylic oxidation sites excluding steroid dienone is 4. The molecule has 0 unspecified atom stereocenters. The molecule has 0 saturated heterocycles. The minimum absolute atomic E-state index is 0. The third-order valence-corrected chi connectivity index (χ3v) is 1.00. The van der Waals surface area contributed by atoms with Crippen molar-refractivity contribution < 1.29 is 39.4 Å². The summed E-state index contributed by atoms with van der Waals surface area (Å²) in [6, 6.07) is 0. The Kier molecular flexibility index (Phi) is 11.1. The average molecular weight is 297 g/mol. The molecule has 0 aromatic rings. The van der Waals surface area contributed by atoms with Crippen LogP contribution < -0.4 is 0 Å². The monoisotopic (exact) mass is 295 g/mol. The number of rotatable bonds is 0. The summed E-state index contributed by atoms with van der Waals surface area (Å²) in [6.45, 7) is 0. The molecule has 0 N–H and O–H groups in total. The summed E-state index contributed by atoms with van der Waals surface area (Å²) in [4.78, 5) is 0. The molecular weight excluding hydrogens is 291 g/mol. The molecule has 6 heteroatoms. The molecule has 70 valence electrons. The fourth-order valence-corrected chi connectivity index (χ4v) is 0.599. The Balaban J connectivity index is -0.000000270. The zero-order chi connectivity index (χ0) is 6.91. The molecule has 1 aliphatic carbocycles. The van der Waals surface area contributed by atoms with Gasteiger partial charge in [-0.15, -0.1) is 36.8 Å². The van der Waals surface area contributed by atoms with Crippen molar-refractivity contribution in [2.75, 3.05) is 0 Å². The van der Waals surface area contributed by atoms with Crippen molar-refractivity contribution >= 4 is 24.8 Å². The normalized spacial score (nSPS) is 13.8. The first-order chi connectivity index (χ1) is 4.11. The Bertz CT molecular complexity index is 174. The fourth-order valence-electron chi connectivity index (χ4n) is 0.599. The molecule has 0 aromatic heterocycles. The third-order valence-electron chi connectivity index (χ3n) is 1.00. The van der Waals surface area contributed by atoms with E-state index in [9.17, 15) is 13.2 Å². The van der Waals surface area contributed by atoms with Gasteiger partial charge in [-0.3, -0.25) is 6.08 Å². The van der Waals surface area contributed by atoms with Gasteiger partial charge in [-0.25, -0.2) is 6.08 Å². The molecule has 1 rings (SSSR count). The Morgan fingerprint density at radius 2 is 1.75 bits per heavy atom. The van der Waals surface area contributed by atoms with E-state index in [4.69, 9.17) is 0 Å². The molecule has 0 atom stereocenters. The average Bonchev–Trinajstić information content (AvgIpc) is 2.08. The van der Waals surface area contributed by atoms with Crippen molar-refractivity contribution in [3.05, 3.63) is 23.8 Å². The van der Waals surface area contributed by atoms with E-state index in [0.717, 1.165) is 6.08 Å². The van der Waals surface area contributed by atoms with Gasteiger partial charge in [0.05, 0.1) is 0 Å². The van der Waals surface area contributed by atoms with E-state index in [1.54, 1.807) is 0 Å². The molecule has 0 radical (unpaired) electrons. The first-order valence-electron chi connectivity index (χ1n) is 2.45. The van der Waals surface area contributed by atoms with Crippen LogP contribution in [-0.2, 0) is 26.2 Å². The van der Waals surface area contributed by atoms with Gasteiger partial charge >= 0.3 is 6.18 Å². The summed E-state index contributed by atoms with van der Waals surface area (Å²) < 4.78 is 34.8. The smallest absolute Gasteiger partial charge is 0.261 e. The molecular formula is C6H6Cl2F3Zr-. The van der Waals surface area contributed by atoms with Crippen LogP contribution in [0.15, 0.2) is 17.7 Å². The summed E-state index contributed by atoms with van der Waals surface area (Å²) >= 11 is 0. The van der Waals surface area contributed by atoms with Gasteiger partial charge in [0.15, 0.2) is 0 Å². The molecule has 0 spiro atoms. The van der Waals surface area contributed by atoms with Gasteiger partial charge in [-0.2, -0.15) is 19.2 Å². The van der Waals surface area contributed by atoms with Crippen LogP contribution in [0.5, 0.6) is 0 Å². The standard InChI is InChI=1S/C6H4F3.2ClH.Zr/c7-6(8,9)5-3-1-2-4-5;;;/h1,3H,2H2;2*1H;/q-1;;;. The largest absolute Gasteiger partial charge is 0.384 e. The maximum atomic E-state index is 11.6.